The molecule has 1 N–H and O–H groups in total. The van der Waals surface area contributed by atoms with Crippen LogP contribution >= 0.6 is 0 Å². The van der Waals surface area contributed by atoms with E-state index >= 15 is 0 Å². The van der Waals surface area contributed by atoms with Crippen LogP contribution in [0.3, 0.4) is 0 Å². The van der Waals surface area contributed by atoms with E-state index in [1.165, 1.54) is 0 Å². The summed E-state index contributed by atoms with van der Waals surface area (Å²) in [5, 5.41) is 3.12. The van der Waals surface area contributed by atoms with Gasteiger partial charge in [0, 0.05) is 6.54 Å². The van der Waals surface area contributed by atoms with Crippen molar-refractivity contribution in [2.24, 2.45) is 0 Å². The largest absolute Gasteiger partial charge is 0.493 e. The second-order valence-corrected chi connectivity index (χ2v) is 8.36. The number of carbonyl (C=O) groups is 1. The molecule has 5 heteroatoms. The first kappa shape index (κ1) is 23.3. The fourth-order valence-electron chi connectivity index (χ4n) is 4.17. The Labute approximate surface area is 201 Å². The van der Waals surface area contributed by atoms with E-state index in [2.05, 4.69) is 28.6 Å². The van der Waals surface area contributed by atoms with E-state index in [0.29, 0.717) is 13.0 Å². The van der Waals surface area contributed by atoms with Crippen LogP contribution < -0.4 is 10.1 Å². The Morgan fingerprint density at radius 1 is 1.06 bits per heavy atom. The lowest BCUT2D eigenvalue weighted by Gasteiger charge is -2.17. The molecule has 5 nitrogen and oxygen atoms in total. The SMILES string of the molecule is C=CCc1ccccc1OCCCn1c(C(C)NC(=O)Cc2ccccc2)nc2ccccc21. The van der Waals surface area contributed by atoms with Gasteiger partial charge in [-0.3, -0.25) is 4.79 Å². The number of nitrogens with one attached hydrogen (secondary N) is 1. The van der Waals surface area contributed by atoms with Crippen LogP contribution in [0.2, 0.25) is 0 Å². The van der Waals surface area contributed by atoms with Gasteiger partial charge in [-0.15, -0.1) is 6.58 Å². The van der Waals surface area contributed by atoms with Gasteiger partial charge in [0.2, 0.25) is 5.91 Å². The number of fused-ring (bicyclic) bond motifs is 1. The normalized spacial score (nSPS) is 11.8. The number of carbonyl (C=O) groups excluding carboxylic acids is 1. The van der Waals surface area contributed by atoms with Crippen molar-refractivity contribution >= 4 is 16.9 Å². The number of hydrogen-bond acceptors (Lipinski definition) is 3. The van der Waals surface area contributed by atoms with Crippen LogP contribution in [0.4, 0.5) is 0 Å². The summed E-state index contributed by atoms with van der Waals surface area (Å²) < 4.78 is 8.28. The number of imidazole rings is 1. The Kier molecular flexibility index (Phi) is 7.76. The topological polar surface area (TPSA) is 56.1 Å². The second-order valence-electron chi connectivity index (χ2n) is 8.36. The number of nitrogens with zero attached hydrogens (tertiary/aromatic N) is 2. The number of hydrogen-bond donors (Lipinski definition) is 1. The maximum absolute atomic E-state index is 12.6. The summed E-state index contributed by atoms with van der Waals surface area (Å²) in [6, 6.07) is 25.7. The molecule has 1 amide bonds. The Balaban J connectivity index is 1.43. The summed E-state index contributed by atoms with van der Waals surface area (Å²) in [5.74, 6) is 1.74. The molecule has 174 valence electrons. The van der Waals surface area contributed by atoms with Crippen LogP contribution in [0.15, 0.2) is 91.5 Å². The Morgan fingerprint density at radius 2 is 1.79 bits per heavy atom. The molecule has 0 bridgehead atoms. The first-order valence-corrected chi connectivity index (χ1v) is 11.8. The molecule has 1 atom stereocenters. The zero-order valence-corrected chi connectivity index (χ0v) is 19.6. The van der Waals surface area contributed by atoms with Gasteiger partial charge in [0.05, 0.1) is 30.1 Å². The fourth-order valence-corrected chi connectivity index (χ4v) is 4.17. The van der Waals surface area contributed by atoms with Crippen LogP contribution in [0.1, 0.15) is 36.3 Å². The highest BCUT2D eigenvalue weighted by molar-refractivity contribution is 5.79. The highest BCUT2D eigenvalue weighted by Gasteiger charge is 2.18. The minimum Gasteiger partial charge on any atom is -0.493 e. The first-order valence-electron chi connectivity index (χ1n) is 11.8. The van der Waals surface area contributed by atoms with Gasteiger partial charge >= 0.3 is 0 Å². The van der Waals surface area contributed by atoms with E-state index in [1.54, 1.807) is 0 Å². The van der Waals surface area contributed by atoms with Gasteiger partial charge in [-0.1, -0.05) is 66.7 Å². The molecule has 0 saturated heterocycles. The third-order valence-electron chi connectivity index (χ3n) is 5.78. The molecule has 0 aliphatic carbocycles. The number of rotatable bonds is 11. The molecule has 0 fully saturated rings. The maximum atomic E-state index is 12.6. The lowest BCUT2D eigenvalue weighted by molar-refractivity contribution is -0.121. The van der Waals surface area contributed by atoms with Crippen molar-refractivity contribution in [3.05, 3.63) is 108 Å². The van der Waals surface area contributed by atoms with E-state index in [1.807, 2.05) is 79.7 Å². The summed E-state index contributed by atoms with van der Waals surface area (Å²) in [5.41, 5.74) is 4.13. The van der Waals surface area contributed by atoms with Crippen molar-refractivity contribution in [2.75, 3.05) is 6.61 Å². The number of allylic oxidation sites excluding steroid dienone is 1. The Hall–Kier alpha value is -3.86. The van der Waals surface area contributed by atoms with Gasteiger partial charge in [0.25, 0.3) is 0 Å². The zero-order valence-electron chi connectivity index (χ0n) is 19.6. The molecule has 34 heavy (non-hydrogen) atoms. The lowest BCUT2D eigenvalue weighted by Crippen LogP contribution is -2.30. The Morgan fingerprint density at radius 3 is 2.62 bits per heavy atom. The molecular formula is C29H31N3O2. The molecule has 1 aromatic heterocycles. The van der Waals surface area contributed by atoms with Crippen molar-refractivity contribution in [1.82, 2.24) is 14.9 Å². The standard InChI is InChI=1S/C29H31N3O2/c1-3-12-24-15-7-10-18-27(24)34-20-11-19-32-26-17-9-8-16-25(26)31-29(32)22(2)30-28(33)21-23-13-5-4-6-14-23/h3-10,13-18,22H,1,11-12,19-21H2,2H3,(H,30,33). The predicted octanol–water partition coefficient (Wildman–Crippen LogP) is 5.65. The monoisotopic (exact) mass is 453 g/mol. The van der Waals surface area contributed by atoms with E-state index in [4.69, 9.17) is 9.72 Å². The number of benzene rings is 3. The quantitative estimate of drug-likeness (QED) is 0.236. The number of amides is 1. The average Bonchev–Trinajstić information content (AvgIpc) is 3.22. The van der Waals surface area contributed by atoms with Gasteiger partial charge in [-0.05, 0) is 49.1 Å². The molecule has 1 heterocycles. The predicted molar refractivity (Wildman–Crippen MR) is 137 cm³/mol. The zero-order chi connectivity index (χ0) is 23.8. The molecule has 1 unspecified atom stereocenters. The summed E-state index contributed by atoms with van der Waals surface area (Å²) >= 11 is 0. The summed E-state index contributed by atoms with van der Waals surface area (Å²) in [6.45, 7) is 7.16. The molecule has 0 aliphatic heterocycles. The van der Waals surface area contributed by atoms with Crippen LogP contribution in [-0.2, 0) is 24.2 Å². The minimum atomic E-state index is -0.210. The van der Waals surface area contributed by atoms with Crippen LogP contribution in [0.25, 0.3) is 11.0 Å². The third kappa shape index (κ3) is 5.73. The number of aryl methyl sites for hydroxylation is 1. The molecule has 4 rings (SSSR count). The Bertz CT molecular complexity index is 1250. The molecule has 0 radical (unpaired) electrons. The first-order chi connectivity index (χ1) is 16.7. The second kappa shape index (κ2) is 11.3. The molecular weight excluding hydrogens is 422 g/mol. The van der Waals surface area contributed by atoms with Gasteiger partial charge in [0.1, 0.15) is 11.6 Å². The van der Waals surface area contributed by atoms with E-state index in [-0.39, 0.29) is 11.9 Å². The molecule has 0 aliphatic rings. The van der Waals surface area contributed by atoms with Gasteiger partial charge in [-0.2, -0.15) is 0 Å². The minimum absolute atomic E-state index is 0.0144. The highest BCUT2D eigenvalue weighted by atomic mass is 16.5. The molecule has 3 aromatic carbocycles. The van der Waals surface area contributed by atoms with Crippen LogP contribution in [-0.4, -0.2) is 22.1 Å². The number of aromatic nitrogens is 2. The van der Waals surface area contributed by atoms with E-state index in [9.17, 15) is 4.79 Å². The van der Waals surface area contributed by atoms with E-state index in [0.717, 1.165) is 53.1 Å². The van der Waals surface area contributed by atoms with Crippen molar-refractivity contribution < 1.29 is 9.53 Å². The van der Waals surface area contributed by atoms with Gasteiger partial charge < -0.3 is 14.6 Å². The number of para-hydroxylation sites is 3. The summed E-state index contributed by atoms with van der Waals surface area (Å²) in [6.07, 6.45) is 3.84. The maximum Gasteiger partial charge on any atom is 0.224 e. The highest BCUT2D eigenvalue weighted by Crippen LogP contribution is 2.22. The number of ether oxygens (including phenoxy) is 1. The van der Waals surface area contributed by atoms with Crippen molar-refractivity contribution in [3.8, 4) is 5.75 Å². The molecule has 0 saturated carbocycles. The third-order valence-corrected chi connectivity index (χ3v) is 5.78. The summed E-state index contributed by atoms with van der Waals surface area (Å²) in [4.78, 5) is 17.5. The van der Waals surface area contributed by atoms with Crippen molar-refractivity contribution in [2.45, 2.75) is 38.8 Å². The van der Waals surface area contributed by atoms with Crippen LogP contribution in [0.5, 0.6) is 5.75 Å². The summed E-state index contributed by atoms with van der Waals surface area (Å²) in [7, 11) is 0. The molecule has 0 spiro atoms. The van der Waals surface area contributed by atoms with Crippen LogP contribution in [0, 0.1) is 0 Å². The van der Waals surface area contributed by atoms with Gasteiger partial charge in [0.15, 0.2) is 0 Å². The van der Waals surface area contributed by atoms with Gasteiger partial charge in [-0.25, -0.2) is 4.98 Å². The van der Waals surface area contributed by atoms with E-state index < -0.39 is 0 Å². The average molecular weight is 454 g/mol. The lowest BCUT2D eigenvalue weighted by atomic mass is 10.1. The van der Waals surface area contributed by atoms with Crippen molar-refractivity contribution in [1.29, 1.82) is 0 Å². The molecule has 4 aromatic rings. The fraction of sp³-hybridized carbons (Fsp3) is 0.241. The smallest absolute Gasteiger partial charge is 0.224 e. The van der Waals surface area contributed by atoms with Crippen molar-refractivity contribution in [3.63, 3.8) is 0 Å².